The Morgan fingerprint density at radius 3 is 2.44 bits per heavy atom. The van der Waals surface area contributed by atoms with E-state index in [0.717, 1.165) is 56.7 Å². The molecule has 0 saturated carbocycles. The second kappa shape index (κ2) is 9.87. The number of ether oxygens (including phenoxy) is 2. The Bertz CT molecular complexity index is 1360. The lowest BCUT2D eigenvalue weighted by Crippen LogP contribution is -2.08. The molecule has 1 amide bonds. The van der Waals surface area contributed by atoms with E-state index in [0.29, 0.717) is 5.75 Å². The molecule has 5 heteroatoms. The molecular formula is C29H29NO4. The molecule has 1 aromatic heterocycles. The minimum atomic E-state index is -0.196. The summed E-state index contributed by atoms with van der Waals surface area (Å²) in [7, 11) is 3.28. The number of amides is 1. The third kappa shape index (κ3) is 4.42. The lowest BCUT2D eigenvalue weighted by molar-refractivity contribution is -0.111. The Morgan fingerprint density at radius 2 is 1.76 bits per heavy atom. The minimum absolute atomic E-state index is 0.196. The third-order valence-corrected chi connectivity index (χ3v) is 6.05. The normalized spacial score (nSPS) is 11.5. The van der Waals surface area contributed by atoms with E-state index >= 15 is 0 Å². The van der Waals surface area contributed by atoms with Crippen LogP contribution in [0.25, 0.3) is 27.7 Å². The van der Waals surface area contributed by atoms with Gasteiger partial charge in [0.15, 0.2) is 0 Å². The lowest BCUT2D eigenvalue weighted by atomic mass is 9.96. The van der Waals surface area contributed by atoms with Crippen LogP contribution < -0.4 is 14.8 Å². The molecule has 0 aliphatic carbocycles. The topological polar surface area (TPSA) is 60.7 Å². The van der Waals surface area contributed by atoms with Crippen LogP contribution in [0.3, 0.4) is 0 Å². The van der Waals surface area contributed by atoms with Gasteiger partial charge in [0, 0.05) is 39.4 Å². The summed E-state index contributed by atoms with van der Waals surface area (Å²) in [4.78, 5) is 12.8. The summed E-state index contributed by atoms with van der Waals surface area (Å²) in [6.45, 7) is 5.97. The molecule has 5 nitrogen and oxygen atoms in total. The molecule has 3 aromatic carbocycles. The number of aryl methyl sites for hydroxylation is 2. The van der Waals surface area contributed by atoms with Gasteiger partial charge < -0.3 is 19.2 Å². The van der Waals surface area contributed by atoms with Gasteiger partial charge in [-0.3, -0.25) is 4.79 Å². The molecule has 1 heterocycles. The van der Waals surface area contributed by atoms with Crippen LogP contribution in [-0.4, -0.2) is 20.1 Å². The highest BCUT2D eigenvalue weighted by Crippen LogP contribution is 2.42. The number of fused-ring (bicyclic) bond motifs is 1. The summed E-state index contributed by atoms with van der Waals surface area (Å²) in [5, 5.41) is 3.87. The molecule has 1 N–H and O–H groups in total. The zero-order chi connectivity index (χ0) is 24.2. The summed E-state index contributed by atoms with van der Waals surface area (Å²) in [6.07, 6.45) is 4.30. The maximum Gasteiger partial charge on any atom is 0.248 e. The lowest BCUT2D eigenvalue weighted by Gasteiger charge is -2.14. The van der Waals surface area contributed by atoms with Gasteiger partial charge >= 0.3 is 0 Å². The van der Waals surface area contributed by atoms with Crippen molar-refractivity contribution < 1.29 is 18.7 Å². The predicted molar refractivity (Wildman–Crippen MR) is 138 cm³/mol. The minimum Gasteiger partial charge on any atom is -0.496 e. The molecule has 0 aliphatic heterocycles. The average Bonchev–Trinajstić information content (AvgIpc) is 3.28. The molecule has 0 radical (unpaired) electrons. The Labute approximate surface area is 200 Å². The maximum absolute atomic E-state index is 12.8. The molecule has 0 fully saturated rings. The molecule has 0 aliphatic rings. The summed E-state index contributed by atoms with van der Waals surface area (Å²) in [5.74, 6) is 1.25. The standard InChI is InChI=1S/C29H29NO4/c1-6-20-11-13-21(14-12-20)30-27(31)15-18(2)23-16-24-25(22-9-7-8-10-26(22)32-4)17-34-29(24)19(3)28(23)33-5/h7-17H,6H2,1-5H3,(H,30,31)/b18-15+. The average molecular weight is 456 g/mol. The van der Waals surface area contributed by atoms with E-state index in [1.807, 2.05) is 68.4 Å². The molecular weight excluding hydrogens is 426 g/mol. The molecule has 4 aromatic rings. The molecule has 0 unspecified atom stereocenters. The summed E-state index contributed by atoms with van der Waals surface area (Å²) < 4.78 is 17.3. The molecule has 34 heavy (non-hydrogen) atoms. The highest BCUT2D eigenvalue weighted by molar-refractivity contribution is 6.06. The number of furan rings is 1. The SMILES string of the molecule is CCc1ccc(NC(=O)/C=C(\C)c2cc3c(-c4ccccc4OC)coc3c(C)c2OC)cc1. The number of para-hydroxylation sites is 1. The van der Waals surface area contributed by atoms with Gasteiger partial charge in [0.1, 0.15) is 17.1 Å². The second-order valence-corrected chi connectivity index (χ2v) is 8.18. The van der Waals surface area contributed by atoms with Crippen LogP contribution in [0.2, 0.25) is 0 Å². The number of methoxy groups -OCH3 is 2. The van der Waals surface area contributed by atoms with Crippen molar-refractivity contribution >= 4 is 28.1 Å². The van der Waals surface area contributed by atoms with Crippen LogP contribution in [0.4, 0.5) is 5.69 Å². The van der Waals surface area contributed by atoms with Gasteiger partial charge in [-0.1, -0.05) is 37.3 Å². The van der Waals surface area contributed by atoms with E-state index in [9.17, 15) is 4.79 Å². The van der Waals surface area contributed by atoms with E-state index in [2.05, 4.69) is 12.2 Å². The number of hydrogen-bond acceptors (Lipinski definition) is 4. The molecule has 174 valence electrons. The number of allylic oxidation sites excluding steroid dienone is 1. The zero-order valence-corrected chi connectivity index (χ0v) is 20.2. The molecule has 0 atom stereocenters. The van der Waals surface area contributed by atoms with Gasteiger partial charge in [0.05, 0.1) is 20.5 Å². The Kier molecular flexibility index (Phi) is 6.73. The van der Waals surface area contributed by atoms with Crippen molar-refractivity contribution in [1.82, 2.24) is 0 Å². The zero-order valence-electron chi connectivity index (χ0n) is 20.2. The van der Waals surface area contributed by atoms with Gasteiger partial charge in [-0.15, -0.1) is 0 Å². The quantitative estimate of drug-likeness (QED) is 0.304. The number of anilines is 1. The van der Waals surface area contributed by atoms with Gasteiger partial charge in [-0.25, -0.2) is 0 Å². The van der Waals surface area contributed by atoms with Crippen LogP contribution in [0.5, 0.6) is 11.5 Å². The molecule has 0 spiro atoms. The first kappa shape index (κ1) is 23.2. The van der Waals surface area contributed by atoms with Crippen LogP contribution in [-0.2, 0) is 11.2 Å². The van der Waals surface area contributed by atoms with Crippen LogP contribution in [0, 0.1) is 6.92 Å². The fourth-order valence-corrected chi connectivity index (χ4v) is 4.22. The third-order valence-electron chi connectivity index (χ3n) is 6.05. The van der Waals surface area contributed by atoms with Gasteiger partial charge in [0.25, 0.3) is 0 Å². The smallest absolute Gasteiger partial charge is 0.248 e. The Morgan fingerprint density at radius 1 is 1.03 bits per heavy atom. The van der Waals surface area contributed by atoms with Crippen molar-refractivity contribution in [2.75, 3.05) is 19.5 Å². The van der Waals surface area contributed by atoms with Crippen molar-refractivity contribution in [3.63, 3.8) is 0 Å². The van der Waals surface area contributed by atoms with Gasteiger partial charge in [-0.2, -0.15) is 0 Å². The maximum atomic E-state index is 12.8. The largest absolute Gasteiger partial charge is 0.496 e. The first-order chi connectivity index (χ1) is 16.5. The summed E-state index contributed by atoms with van der Waals surface area (Å²) in [5.41, 5.74) is 7.09. The number of hydrogen-bond donors (Lipinski definition) is 1. The number of nitrogens with one attached hydrogen (secondary N) is 1. The highest BCUT2D eigenvalue weighted by atomic mass is 16.5. The van der Waals surface area contributed by atoms with E-state index in [1.54, 1.807) is 26.6 Å². The fourth-order valence-electron chi connectivity index (χ4n) is 4.22. The van der Waals surface area contributed by atoms with E-state index in [1.165, 1.54) is 5.56 Å². The summed E-state index contributed by atoms with van der Waals surface area (Å²) in [6, 6.07) is 17.7. The van der Waals surface area contributed by atoms with Crippen LogP contribution in [0.15, 0.2) is 71.4 Å². The first-order valence-corrected chi connectivity index (χ1v) is 11.3. The fraction of sp³-hybridized carbons (Fsp3) is 0.207. The van der Waals surface area contributed by atoms with Crippen molar-refractivity contribution in [3.05, 3.63) is 83.6 Å². The first-order valence-electron chi connectivity index (χ1n) is 11.3. The Hall–Kier alpha value is -3.99. The van der Waals surface area contributed by atoms with Crippen molar-refractivity contribution in [2.24, 2.45) is 0 Å². The van der Waals surface area contributed by atoms with Crippen LogP contribution >= 0.6 is 0 Å². The number of benzene rings is 3. The van der Waals surface area contributed by atoms with E-state index in [4.69, 9.17) is 13.9 Å². The highest BCUT2D eigenvalue weighted by Gasteiger charge is 2.20. The Balaban J connectivity index is 1.75. The number of carbonyl (C=O) groups excluding carboxylic acids is 1. The van der Waals surface area contributed by atoms with Crippen molar-refractivity contribution in [2.45, 2.75) is 27.2 Å². The molecule has 0 bridgehead atoms. The number of carbonyl (C=O) groups is 1. The predicted octanol–water partition coefficient (Wildman–Crippen LogP) is 7.03. The number of rotatable bonds is 7. The monoisotopic (exact) mass is 455 g/mol. The van der Waals surface area contributed by atoms with Crippen LogP contribution in [0.1, 0.15) is 30.5 Å². The van der Waals surface area contributed by atoms with Gasteiger partial charge in [-0.05, 0) is 55.7 Å². The van der Waals surface area contributed by atoms with E-state index in [-0.39, 0.29) is 5.91 Å². The molecule has 4 rings (SSSR count). The van der Waals surface area contributed by atoms with Crippen molar-refractivity contribution in [1.29, 1.82) is 0 Å². The van der Waals surface area contributed by atoms with Crippen molar-refractivity contribution in [3.8, 4) is 22.6 Å². The summed E-state index contributed by atoms with van der Waals surface area (Å²) >= 11 is 0. The second-order valence-electron chi connectivity index (χ2n) is 8.18. The molecule has 0 saturated heterocycles. The van der Waals surface area contributed by atoms with Gasteiger partial charge in [0.2, 0.25) is 5.91 Å². The van der Waals surface area contributed by atoms with E-state index < -0.39 is 0 Å².